The van der Waals surface area contributed by atoms with Gasteiger partial charge in [-0.15, -0.1) is 0 Å². The van der Waals surface area contributed by atoms with Crippen molar-refractivity contribution in [3.63, 3.8) is 0 Å². The molecule has 1 aromatic rings. The van der Waals surface area contributed by atoms with Crippen LogP contribution in [0.1, 0.15) is 182 Å². The molecule has 0 bridgehead atoms. The summed E-state index contributed by atoms with van der Waals surface area (Å²) >= 11 is 0. The number of carboxylic acids is 1. The summed E-state index contributed by atoms with van der Waals surface area (Å²) in [5.74, 6) is -1.59. The van der Waals surface area contributed by atoms with Gasteiger partial charge in [0, 0.05) is 0 Å². The molecule has 1 rings (SSSR count). The zero-order valence-electron chi connectivity index (χ0n) is 24.8. The topological polar surface area (TPSA) is 63.6 Å². The van der Waals surface area contributed by atoms with Gasteiger partial charge in [-0.3, -0.25) is 0 Å². The van der Waals surface area contributed by atoms with Crippen molar-refractivity contribution in [1.82, 2.24) is 0 Å². The van der Waals surface area contributed by atoms with Crippen LogP contribution in [0.3, 0.4) is 0 Å². The van der Waals surface area contributed by atoms with E-state index in [1.54, 1.807) is 18.2 Å². The molecule has 38 heavy (non-hydrogen) atoms. The number of aromatic carboxylic acids is 1. The Morgan fingerprint density at radius 2 is 0.921 bits per heavy atom. The van der Waals surface area contributed by atoms with Crippen LogP contribution in [-0.4, -0.2) is 23.1 Å². The van der Waals surface area contributed by atoms with E-state index in [0.29, 0.717) is 0 Å². The molecule has 1 unspecified atom stereocenters. The monoisotopic (exact) mass is 530 g/mol. The van der Waals surface area contributed by atoms with E-state index in [2.05, 4.69) is 13.8 Å². The van der Waals surface area contributed by atoms with Crippen molar-refractivity contribution in [2.75, 3.05) is 0 Å². The van der Waals surface area contributed by atoms with Crippen LogP contribution in [0.25, 0.3) is 0 Å². The van der Waals surface area contributed by atoms with Crippen molar-refractivity contribution in [1.29, 1.82) is 0 Å². The fourth-order valence-corrected chi connectivity index (χ4v) is 5.22. The first-order valence-electron chi connectivity index (χ1n) is 16.1. The summed E-state index contributed by atoms with van der Waals surface area (Å²) in [7, 11) is 0. The second-order valence-corrected chi connectivity index (χ2v) is 11.2. The number of benzene rings is 1. The lowest BCUT2D eigenvalue weighted by molar-refractivity contribution is 0.0244. The van der Waals surface area contributed by atoms with Crippen LogP contribution in [0.15, 0.2) is 24.3 Å². The highest BCUT2D eigenvalue weighted by Gasteiger charge is 2.21. The molecule has 218 valence electrons. The van der Waals surface area contributed by atoms with Gasteiger partial charge in [0.25, 0.3) is 0 Å². The Morgan fingerprint density at radius 1 is 0.579 bits per heavy atom. The highest BCUT2D eigenvalue weighted by atomic mass is 16.5. The molecule has 4 nitrogen and oxygen atoms in total. The number of hydrogen-bond acceptors (Lipinski definition) is 3. The number of hydrogen-bond donors (Lipinski definition) is 1. The molecular weight excluding hydrogens is 472 g/mol. The third-order valence-corrected chi connectivity index (χ3v) is 7.66. The van der Waals surface area contributed by atoms with Gasteiger partial charge in [-0.05, 0) is 37.8 Å². The lowest BCUT2D eigenvalue weighted by Gasteiger charge is -2.19. The Labute approximate surface area is 234 Å². The van der Waals surface area contributed by atoms with E-state index < -0.39 is 11.9 Å². The Bertz CT molecular complexity index is 714. The third kappa shape index (κ3) is 17.6. The maximum atomic E-state index is 12.9. The van der Waals surface area contributed by atoms with E-state index in [-0.39, 0.29) is 17.2 Å². The summed E-state index contributed by atoms with van der Waals surface area (Å²) in [5, 5.41) is 9.46. The highest BCUT2D eigenvalue weighted by molar-refractivity contribution is 6.02. The molecule has 0 heterocycles. The van der Waals surface area contributed by atoms with Gasteiger partial charge in [0.15, 0.2) is 0 Å². The Kier molecular flexibility index (Phi) is 21.8. The zero-order chi connectivity index (χ0) is 27.7. The summed E-state index contributed by atoms with van der Waals surface area (Å²) < 4.78 is 5.90. The first-order chi connectivity index (χ1) is 18.6. The summed E-state index contributed by atoms with van der Waals surface area (Å²) in [6, 6.07) is 6.38. The van der Waals surface area contributed by atoms with E-state index in [1.807, 2.05) is 0 Å². The fraction of sp³-hybridized carbons (Fsp3) is 0.765. The molecule has 0 aliphatic rings. The van der Waals surface area contributed by atoms with Crippen LogP contribution in [0.5, 0.6) is 0 Å². The van der Waals surface area contributed by atoms with E-state index in [9.17, 15) is 14.7 Å². The van der Waals surface area contributed by atoms with Crippen molar-refractivity contribution < 1.29 is 19.4 Å². The lowest BCUT2D eigenvalue weighted by Crippen LogP contribution is -2.20. The number of esters is 1. The second-order valence-electron chi connectivity index (χ2n) is 11.2. The minimum atomic E-state index is -1.09. The largest absolute Gasteiger partial charge is 0.478 e. The number of ether oxygens (including phenoxy) is 1. The van der Waals surface area contributed by atoms with Gasteiger partial charge in [0.2, 0.25) is 0 Å². The Balaban J connectivity index is 2.38. The van der Waals surface area contributed by atoms with Gasteiger partial charge in [-0.2, -0.15) is 0 Å². The number of carboxylic acid groups (broad SMARTS) is 1. The van der Waals surface area contributed by atoms with Crippen LogP contribution in [-0.2, 0) is 4.74 Å². The first-order valence-corrected chi connectivity index (χ1v) is 16.1. The van der Waals surface area contributed by atoms with Crippen LogP contribution >= 0.6 is 0 Å². The standard InChI is InChI=1S/C34H58O4/c1-3-5-7-9-11-13-15-17-19-21-23-27-30(26-22-20-18-16-14-12-10-8-6-4-2)38-34(37)32-29-25-24-28-31(32)33(35)36/h24-25,28-30H,3-23,26-27H2,1-2H3,(H,35,36). The molecule has 0 saturated heterocycles. The first kappa shape index (κ1) is 34.2. The van der Waals surface area contributed by atoms with Crippen molar-refractivity contribution in [2.24, 2.45) is 0 Å². The molecular formula is C34H58O4. The van der Waals surface area contributed by atoms with Gasteiger partial charge >= 0.3 is 11.9 Å². The number of carbonyl (C=O) groups excluding carboxylic acids is 1. The molecule has 0 aromatic heterocycles. The molecule has 1 N–H and O–H groups in total. The van der Waals surface area contributed by atoms with Gasteiger partial charge in [0.1, 0.15) is 6.10 Å². The van der Waals surface area contributed by atoms with Crippen LogP contribution in [0, 0.1) is 0 Å². The normalized spacial score (nSPS) is 11.9. The van der Waals surface area contributed by atoms with Crippen LogP contribution < -0.4 is 0 Å². The number of rotatable bonds is 26. The smallest absolute Gasteiger partial charge is 0.339 e. The molecule has 1 aromatic carbocycles. The molecule has 0 saturated carbocycles. The summed E-state index contributed by atoms with van der Waals surface area (Å²) in [6.07, 6.45) is 28.7. The molecule has 0 amide bonds. The van der Waals surface area contributed by atoms with E-state index in [0.717, 1.165) is 25.7 Å². The van der Waals surface area contributed by atoms with Crippen molar-refractivity contribution in [3.8, 4) is 0 Å². The lowest BCUT2D eigenvalue weighted by atomic mass is 10.0. The molecule has 0 fully saturated rings. The molecule has 0 radical (unpaired) electrons. The Morgan fingerprint density at radius 3 is 1.29 bits per heavy atom. The minimum absolute atomic E-state index is 0.0184. The SMILES string of the molecule is CCCCCCCCCCCCCC(CCCCCCCCCCCC)OC(=O)c1ccccc1C(=O)O. The molecule has 1 atom stereocenters. The summed E-state index contributed by atoms with van der Waals surface area (Å²) in [4.78, 5) is 24.4. The third-order valence-electron chi connectivity index (χ3n) is 7.66. The van der Waals surface area contributed by atoms with Crippen LogP contribution in [0.2, 0.25) is 0 Å². The molecule has 0 aliphatic carbocycles. The van der Waals surface area contributed by atoms with Crippen molar-refractivity contribution in [3.05, 3.63) is 35.4 Å². The van der Waals surface area contributed by atoms with E-state index in [1.165, 1.54) is 128 Å². The van der Waals surface area contributed by atoms with E-state index in [4.69, 9.17) is 4.74 Å². The summed E-state index contributed by atoms with van der Waals surface area (Å²) in [5.41, 5.74) is 0.178. The predicted molar refractivity (Wildman–Crippen MR) is 160 cm³/mol. The fourth-order valence-electron chi connectivity index (χ4n) is 5.22. The zero-order valence-corrected chi connectivity index (χ0v) is 24.8. The van der Waals surface area contributed by atoms with Gasteiger partial charge in [-0.25, -0.2) is 9.59 Å². The number of carbonyl (C=O) groups is 2. The second kappa shape index (κ2) is 24.2. The molecule has 0 spiro atoms. The van der Waals surface area contributed by atoms with Crippen molar-refractivity contribution >= 4 is 11.9 Å². The summed E-state index contributed by atoms with van der Waals surface area (Å²) in [6.45, 7) is 4.52. The highest BCUT2D eigenvalue weighted by Crippen LogP contribution is 2.20. The average Bonchev–Trinajstić information content (AvgIpc) is 2.92. The number of unbranched alkanes of at least 4 members (excludes halogenated alkanes) is 19. The van der Waals surface area contributed by atoms with Crippen molar-refractivity contribution in [2.45, 2.75) is 168 Å². The molecule has 0 aliphatic heterocycles. The predicted octanol–water partition coefficient (Wildman–Crippen LogP) is 10.9. The van der Waals surface area contributed by atoms with E-state index >= 15 is 0 Å². The maximum absolute atomic E-state index is 12.9. The maximum Gasteiger partial charge on any atom is 0.339 e. The molecule has 4 heteroatoms. The quantitative estimate of drug-likeness (QED) is 0.0955. The average molecular weight is 531 g/mol. The van der Waals surface area contributed by atoms with Gasteiger partial charge in [0.05, 0.1) is 11.1 Å². The Hall–Kier alpha value is -1.84. The minimum Gasteiger partial charge on any atom is -0.478 e. The van der Waals surface area contributed by atoms with Gasteiger partial charge < -0.3 is 9.84 Å². The van der Waals surface area contributed by atoms with Gasteiger partial charge in [-0.1, -0.05) is 148 Å². The van der Waals surface area contributed by atoms with Crippen LogP contribution in [0.4, 0.5) is 0 Å².